The van der Waals surface area contributed by atoms with Gasteiger partial charge in [0.1, 0.15) is 5.82 Å². The molecule has 2 fully saturated rings. The highest BCUT2D eigenvalue weighted by atomic mass is 15.1. The van der Waals surface area contributed by atoms with Crippen LogP contribution in [0.3, 0.4) is 0 Å². The molecule has 1 unspecified atom stereocenters. The molecule has 1 N–H and O–H groups in total. The van der Waals surface area contributed by atoms with Crippen LogP contribution in [-0.4, -0.2) is 16.1 Å². The second kappa shape index (κ2) is 4.88. The highest BCUT2D eigenvalue weighted by Crippen LogP contribution is 2.37. The Morgan fingerprint density at radius 1 is 1.15 bits per heavy atom. The molecular weight excluding hydrogens is 246 g/mol. The van der Waals surface area contributed by atoms with Gasteiger partial charge in [0.2, 0.25) is 0 Å². The third-order valence-corrected chi connectivity index (χ3v) is 5.12. The van der Waals surface area contributed by atoms with E-state index >= 15 is 0 Å². The Hall–Kier alpha value is -1.35. The van der Waals surface area contributed by atoms with Gasteiger partial charge in [0.05, 0.1) is 11.0 Å². The van der Waals surface area contributed by atoms with Crippen LogP contribution in [0, 0.1) is 0 Å². The van der Waals surface area contributed by atoms with E-state index < -0.39 is 0 Å². The Kier molecular flexibility index (Phi) is 3.03. The molecular formula is C17H23N3. The van der Waals surface area contributed by atoms with E-state index in [-0.39, 0.29) is 0 Å². The molecule has 4 rings (SSSR count). The van der Waals surface area contributed by atoms with E-state index in [0.29, 0.717) is 12.0 Å². The highest BCUT2D eigenvalue weighted by molar-refractivity contribution is 5.77. The van der Waals surface area contributed by atoms with Crippen molar-refractivity contribution in [2.24, 2.45) is 7.05 Å². The summed E-state index contributed by atoms with van der Waals surface area (Å²) < 4.78 is 2.32. The second-order valence-electron chi connectivity index (χ2n) is 6.41. The standard InChI is InChI=1S/C17H23N3/c1-20-16-11-13(14-7-2-3-10-18-14)8-9-15(16)19-17(20)12-5-4-6-12/h8-9,11-12,14,18H,2-7,10H2,1H3. The monoisotopic (exact) mass is 269 g/mol. The maximum atomic E-state index is 4.86. The van der Waals surface area contributed by atoms with Gasteiger partial charge < -0.3 is 9.88 Å². The number of hydrogen-bond acceptors (Lipinski definition) is 2. The molecule has 0 spiro atoms. The van der Waals surface area contributed by atoms with Crippen molar-refractivity contribution < 1.29 is 0 Å². The van der Waals surface area contributed by atoms with E-state index in [4.69, 9.17) is 4.98 Å². The number of nitrogens with one attached hydrogen (secondary N) is 1. The Morgan fingerprint density at radius 3 is 2.75 bits per heavy atom. The molecule has 3 heteroatoms. The van der Waals surface area contributed by atoms with Crippen molar-refractivity contribution in [2.45, 2.75) is 50.5 Å². The normalized spacial score (nSPS) is 23.9. The lowest BCUT2D eigenvalue weighted by Gasteiger charge is -2.25. The third-order valence-electron chi connectivity index (χ3n) is 5.12. The predicted molar refractivity (Wildman–Crippen MR) is 81.9 cm³/mol. The Morgan fingerprint density at radius 2 is 2.05 bits per heavy atom. The van der Waals surface area contributed by atoms with Crippen LogP contribution in [0.5, 0.6) is 0 Å². The Balaban J connectivity index is 1.72. The van der Waals surface area contributed by atoms with E-state index in [2.05, 4.69) is 35.1 Å². The summed E-state index contributed by atoms with van der Waals surface area (Å²) in [5, 5.41) is 3.64. The van der Waals surface area contributed by atoms with Crippen LogP contribution in [0.4, 0.5) is 0 Å². The van der Waals surface area contributed by atoms with Gasteiger partial charge in [0.15, 0.2) is 0 Å². The van der Waals surface area contributed by atoms with Crippen molar-refractivity contribution in [1.82, 2.24) is 14.9 Å². The molecule has 1 saturated heterocycles. The Bertz CT molecular complexity index is 618. The van der Waals surface area contributed by atoms with Crippen molar-refractivity contribution in [3.05, 3.63) is 29.6 Å². The van der Waals surface area contributed by atoms with E-state index in [1.54, 1.807) is 0 Å². The zero-order valence-electron chi connectivity index (χ0n) is 12.2. The van der Waals surface area contributed by atoms with Crippen molar-refractivity contribution in [3.8, 4) is 0 Å². The fourth-order valence-corrected chi connectivity index (χ4v) is 3.61. The molecule has 2 aromatic rings. The molecule has 20 heavy (non-hydrogen) atoms. The summed E-state index contributed by atoms with van der Waals surface area (Å²) in [6.07, 6.45) is 7.91. The van der Waals surface area contributed by atoms with Gasteiger partial charge in [0, 0.05) is 19.0 Å². The quantitative estimate of drug-likeness (QED) is 0.901. The van der Waals surface area contributed by atoms with Crippen molar-refractivity contribution >= 4 is 11.0 Å². The summed E-state index contributed by atoms with van der Waals surface area (Å²) in [5.41, 5.74) is 3.89. The van der Waals surface area contributed by atoms with Crippen molar-refractivity contribution in [3.63, 3.8) is 0 Å². The van der Waals surface area contributed by atoms with E-state index in [1.807, 2.05) is 0 Å². The highest BCUT2D eigenvalue weighted by Gasteiger charge is 2.25. The number of benzene rings is 1. The lowest BCUT2D eigenvalue weighted by molar-refractivity contribution is 0.394. The molecule has 2 aliphatic rings. The number of hydrogen-bond donors (Lipinski definition) is 1. The Labute approximate surface area is 120 Å². The summed E-state index contributed by atoms with van der Waals surface area (Å²) in [5.74, 6) is 1.99. The number of aryl methyl sites for hydroxylation is 1. The van der Waals surface area contributed by atoms with Crippen molar-refractivity contribution in [1.29, 1.82) is 0 Å². The van der Waals surface area contributed by atoms with Crippen molar-refractivity contribution in [2.75, 3.05) is 6.54 Å². The molecule has 3 nitrogen and oxygen atoms in total. The van der Waals surface area contributed by atoms with Crippen LogP contribution in [0.25, 0.3) is 11.0 Å². The first-order chi connectivity index (χ1) is 9.83. The topological polar surface area (TPSA) is 29.9 Å². The average Bonchev–Trinajstić information content (AvgIpc) is 2.75. The number of aromatic nitrogens is 2. The van der Waals surface area contributed by atoms with Crippen LogP contribution in [0.2, 0.25) is 0 Å². The molecule has 2 heterocycles. The molecule has 1 aromatic carbocycles. The van der Waals surface area contributed by atoms with Gasteiger partial charge in [-0.15, -0.1) is 0 Å². The molecule has 1 aliphatic carbocycles. The van der Waals surface area contributed by atoms with Crippen LogP contribution < -0.4 is 5.32 Å². The zero-order valence-corrected chi connectivity index (χ0v) is 12.2. The summed E-state index contributed by atoms with van der Waals surface area (Å²) in [6.45, 7) is 1.15. The number of nitrogens with zero attached hydrogens (tertiary/aromatic N) is 2. The minimum Gasteiger partial charge on any atom is -0.331 e. The predicted octanol–water partition coefficient (Wildman–Crippen LogP) is 3.66. The first kappa shape index (κ1) is 12.4. The van der Waals surface area contributed by atoms with Gasteiger partial charge in [-0.2, -0.15) is 0 Å². The minimum atomic E-state index is 0.537. The van der Waals surface area contributed by atoms with Crippen LogP contribution in [0.15, 0.2) is 18.2 Å². The van der Waals surface area contributed by atoms with Gasteiger partial charge in [-0.25, -0.2) is 4.98 Å². The molecule has 1 atom stereocenters. The molecule has 0 amide bonds. The largest absolute Gasteiger partial charge is 0.331 e. The summed E-state index contributed by atoms with van der Waals surface area (Å²) in [6, 6.07) is 7.37. The van der Waals surface area contributed by atoms with Crippen LogP contribution >= 0.6 is 0 Å². The first-order valence-electron chi connectivity index (χ1n) is 8.02. The fourth-order valence-electron chi connectivity index (χ4n) is 3.61. The van der Waals surface area contributed by atoms with Crippen LogP contribution in [-0.2, 0) is 7.05 Å². The van der Waals surface area contributed by atoms with Gasteiger partial charge in [0.25, 0.3) is 0 Å². The first-order valence-corrected chi connectivity index (χ1v) is 8.02. The van der Waals surface area contributed by atoms with Gasteiger partial charge >= 0.3 is 0 Å². The van der Waals surface area contributed by atoms with E-state index in [9.17, 15) is 0 Å². The molecule has 0 radical (unpaired) electrons. The second-order valence-corrected chi connectivity index (χ2v) is 6.41. The van der Waals surface area contributed by atoms with Crippen LogP contribution in [0.1, 0.15) is 61.9 Å². The molecule has 1 aromatic heterocycles. The summed E-state index contributed by atoms with van der Waals surface area (Å²) >= 11 is 0. The average molecular weight is 269 g/mol. The summed E-state index contributed by atoms with van der Waals surface area (Å²) in [7, 11) is 2.18. The number of piperidine rings is 1. The van der Waals surface area contributed by atoms with Gasteiger partial charge in [-0.3, -0.25) is 0 Å². The minimum absolute atomic E-state index is 0.537. The number of imidazole rings is 1. The molecule has 106 valence electrons. The summed E-state index contributed by atoms with van der Waals surface area (Å²) in [4.78, 5) is 4.86. The molecule has 1 aliphatic heterocycles. The lowest BCUT2D eigenvalue weighted by Crippen LogP contribution is -2.26. The van der Waals surface area contributed by atoms with E-state index in [0.717, 1.165) is 12.1 Å². The van der Waals surface area contributed by atoms with Gasteiger partial charge in [-0.1, -0.05) is 18.9 Å². The SMILES string of the molecule is Cn1c(C2CCC2)nc2ccc(C3CCCCN3)cc21. The zero-order chi connectivity index (χ0) is 13.5. The molecule has 1 saturated carbocycles. The number of fused-ring (bicyclic) bond motifs is 1. The maximum absolute atomic E-state index is 4.86. The fraction of sp³-hybridized carbons (Fsp3) is 0.588. The van der Waals surface area contributed by atoms with Gasteiger partial charge in [-0.05, 0) is 49.9 Å². The molecule has 0 bridgehead atoms. The maximum Gasteiger partial charge on any atom is 0.112 e. The van der Waals surface area contributed by atoms with E-state index in [1.165, 1.54) is 55.4 Å². The third kappa shape index (κ3) is 1.96. The number of rotatable bonds is 2. The lowest BCUT2D eigenvalue weighted by atomic mass is 9.85. The smallest absolute Gasteiger partial charge is 0.112 e.